The quantitative estimate of drug-likeness (QED) is 0.576. The molecule has 3 heteroatoms. The molecular weight excluding hydrogens is 371 g/mol. The van der Waals surface area contributed by atoms with E-state index in [1.807, 2.05) is 6.07 Å². The van der Waals surface area contributed by atoms with Crippen LogP contribution >= 0.6 is 0 Å². The predicted octanol–water partition coefficient (Wildman–Crippen LogP) is 5.44. The number of fused-ring (bicyclic) bond motifs is 1. The summed E-state index contributed by atoms with van der Waals surface area (Å²) in [6, 6.07) is 27.9. The van der Waals surface area contributed by atoms with Crippen molar-refractivity contribution in [2.75, 3.05) is 19.6 Å². The van der Waals surface area contributed by atoms with Crippen LogP contribution in [0.15, 0.2) is 78.9 Å². The zero-order chi connectivity index (χ0) is 20.3. The molecular formula is C27H29FN2. The van der Waals surface area contributed by atoms with E-state index in [1.54, 1.807) is 12.1 Å². The Kier molecular flexibility index (Phi) is 5.65. The fraction of sp³-hybridized carbons (Fsp3) is 0.333. The van der Waals surface area contributed by atoms with Gasteiger partial charge in [-0.05, 0) is 53.6 Å². The van der Waals surface area contributed by atoms with Gasteiger partial charge in [0.05, 0.1) is 6.04 Å². The summed E-state index contributed by atoms with van der Waals surface area (Å²) in [7, 11) is 0. The van der Waals surface area contributed by atoms with Crippen molar-refractivity contribution in [1.29, 1.82) is 0 Å². The number of halogens is 1. The molecule has 2 nitrogen and oxygen atoms in total. The van der Waals surface area contributed by atoms with Crippen LogP contribution in [0.2, 0.25) is 0 Å². The normalized spacial score (nSPS) is 18.5. The van der Waals surface area contributed by atoms with Crippen molar-refractivity contribution in [3.8, 4) is 0 Å². The van der Waals surface area contributed by atoms with Gasteiger partial charge in [-0.1, -0.05) is 66.7 Å². The summed E-state index contributed by atoms with van der Waals surface area (Å²) >= 11 is 0. The van der Waals surface area contributed by atoms with Gasteiger partial charge in [-0.15, -0.1) is 0 Å². The van der Waals surface area contributed by atoms with Crippen LogP contribution < -0.4 is 0 Å². The lowest BCUT2D eigenvalue weighted by Gasteiger charge is -2.43. The first-order valence-electron chi connectivity index (χ1n) is 11.1. The minimum absolute atomic E-state index is 0.112. The van der Waals surface area contributed by atoms with Gasteiger partial charge in [0.2, 0.25) is 0 Å². The molecule has 0 spiro atoms. The maximum Gasteiger partial charge on any atom is 0.123 e. The molecule has 0 saturated carbocycles. The Morgan fingerprint density at radius 2 is 1.37 bits per heavy atom. The molecule has 0 atom stereocenters. The largest absolute Gasteiger partial charge is 0.296 e. The minimum Gasteiger partial charge on any atom is -0.296 e. The number of nitrogens with zero attached hydrogens (tertiary/aromatic N) is 2. The summed E-state index contributed by atoms with van der Waals surface area (Å²) in [4.78, 5) is 5.22. The highest BCUT2D eigenvalue weighted by molar-refractivity contribution is 5.32. The van der Waals surface area contributed by atoms with E-state index < -0.39 is 0 Å². The van der Waals surface area contributed by atoms with Crippen LogP contribution in [0.5, 0.6) is 0 Å². The van der Waals surface area contributed by atoms with Crippen LogP contribution in [0, 0.1) is 5.82 Å². The Balaban J connectivity index is 1.30. The van der Waals surface area contributed by atoms with Gasteiger partial charge >= 0.3 is 0 Å². The summed E-state index contributed by atoms with van der Waals surface area (Å²) in [6.07, 6.45) is 3.37. The van der Waals surface area contributed by atoms with Crippen molar-refractivity contribution in [2.24, 2.45) is 0 Å². The van der Waals surface area contributed by atoms with Crippen LogP contribution in [-0.4, -0.2) is 35.5 Å². The number of hydrogen-bond acceptors (Lipinski definition) is 2. The van der Waals surface area contributed by atoms with E-state index in [9.17, 15) is 4.39 Å². The summed E-state index contributed by atoms with van der Waals surface area (Å²) in [6.45, 7) is 4.15. The van der Waals surface area contributed by atoms with Gasteiger partial charge in [0, 0.05) is 32.2 Å². The van der Waals surface area contributed by atoms with Crippen LogP contribution in [0.25, 0.3) is 0 Å². The molecule has 3 aromatic rings. The lowest BCUT2D eigenvalue weighted by molar-refractivity contribution is 0.0842. The summed E-state index contributed by atoms with van der Waals surface area (Å²) in [5, 5.41) is 0. The van der Waals surface area contributed by atoms with E-state index in [0.717, 1.165) is 32.6 Å². The summed E-state index contributed by atoms with van der Waals surface area (Å²) < 4.78 is 13.7. The summed E-state index contributed by atoms with van der Waals surface area (Å²) in [5.74, 6) is -0.112. The van der Waals surface area contributed by atoms with Crippen LogP contribution in [-0.2, 0) is 13.0 Å². The first-order valence-corrected chi connectivity index (χ1v) is 11.1. The number of benzene rings is 3. The van der Waals surface area contributed by atoms with Crippen molar-refractivity contribution in [3.63, 3.8) is 0 Å². The fourth-order valence-electron chi connectivity index (χ4n) is 5.25. The minimum atomic E-state index is -0.112. The molecule has 5 rings (SSSR count). The van der Waals surface area contributed by atoms with Crippen molar-refractivity contribution < 1.29 is 4.39 Å². The van der Waals surface area contributed by atoms with E-state index in [0.29, 0.717) is 12.1 Å². The zero-order valence-electron chi connectivity index (χ0n) is 17.4. The SMILES string of the molecule is Fc1ccc2c(c1)CN(C1CCN(C(c3ccccc3)c3ccccc3)CC1)CC2. The molecule has 1 fully saturated rings. The lowest BCUT2D eigenvalue weighted by Crippen LogP contribution is -2.47. The topological polar surface area (TPSA) is 6.48 Å². The first-order chi connectivity index (χ1) is 14.8. The van der Waals surface area contributed by atoms with Crippen LogP contribution in [0.1, 0.15) is 41.1 Å². The van der Waals surface area contributed by atoms with Crippen molar-refractivity contribution in [1.82, 2.24) is 9.80 Å². The van der Waals surface area contributed by atoms with Crippen LogP contribution in [0.3, 0.4) is 0 Å². The Hall–Kier alpha value is -2.49. The Morgan fingerprint density at radius 3 is 2.00 bits per heavy atom. The van der Waals surface area contributed by atoms with E-state index in [2.05, 4.69) is 70.5 Å². The molecule has 0 amide bonds. The average molecular weight is 401 g/mol. The van der Waals surface area contributed by atoms with Crippen molar-refractivity contribution in [3.05, 3.63) is 107 Å². The molecule has 2 aliphatic rings. The molecule has 1 saturated heterocycles. The first kappa shape index (κ1) is 19.5. The van der Waals surface area contributed by atoms with Gasteiger partial charge in [0.15, 0.2) is 0 Å². The molecule has 0 bridgehead atoms. The molecule has 3 aromatic carbocycles. The highest BCUT2D eigenvalue weighted by Crippen LogP contribution is 2.33. The molecule has 2 aliphatic heterocycles. The third-order valence-corrected chi connectivity index (χ3v) is 6.82. The van der Waals surface area contributed by atoms with Gasteiger partial charge in [0.1, 0.15) is 5.82 Å². The molecule has 2 heterocycles. The summed E-state index contributed by atoms with van der Waals surface area (Å²) in [5.41, 5.74) is 5.22. The molecule has 0 N–H and O–H groups in total. The Labute approximate surface area is 179 Å². The lowest BCUT2D eigenvalue weighted by atomic mass is 9.92. The standard InChI is InChI=1S/C27H29FN2/c28-25-12-11-21-13-16-30(20-24(21)19-25)26-14-17-29(18-15-26)27(22-7-3-1-4-8-22)23-9-5-2-6-10-23/h1-12,19,26-27H,13-18,20H2. The zero-order valence-corrected chi connectivity index (χ0v) is 17.4. The van der Waals surface area contributed by atoms with Gasteiger partial charge in [-0.3, -0.25) is 9.80 Å². The maximum absolute atomic E-state index is 13.7. The second-order valence-electron chi connectivity index (χ2n) is 8.62. The number of piperidine rings is 1. The van der Waals surface area contributed by atoms with E-state index in [4.69, 9.17) is 0 Å². The second kappa shape index (κ2) is 8.71. The third-order valence-electron chi connectivity index (χ3n) is 6.82. The molecule has 154 valence electrons. The molecule has 30 heavy (non-hydrogen) atoms. The monoisotopic (exact) mass is 400 g/mol. The second-order valence-corrected chi connectivity index (χ2v) is 8.62. The van der Waals surface area contributed by atoms with Crippen LogP contribution in [0.4, 0.5) is 4.39 Å². The smallest absolute Gasteiger partial charge is 0.123 e. The van der Waals surface area contributed by atoms with Gasteiger partial charge in [0.25, 0.3) is 0 Å². The molecule has 0 unspecified atom stereocenters. The Morgan fingerprint density at radius 1 is 0.733 bits per heavy atom. The molecule has 0 aromatic heterocycles. The highest BCUT2D eigenvalue weighted by atomic mass is 19.1. The van der Waals surface area contributed by atoms with Gasteiger partial charge in [-0.25, -0.2) is 4.39 Å². The molecule has 0 radical (unpaired) electrons. The Bertz CT molecular complexity index is 925. The van der Waals surface area contributed by atoms with Gasteiger partial charge < -0.3 is 0 Å². The van der Waals surface area contributed by atoms with E-state index in [1.165, 1.54) is 35.1 Å². The molecule has 0 aliphatic carbocycles. The van der Waals surface area contributed by atoms with Crippen molar-refractivity contribution in [2.45, 2.75) is 37.9 Å². The number of rotatable bonds is 4. The van der Waals surface area contributed by atoms with Gasteiger partial charge in [-0.2, -0.15) is 0 Å². The fourth-order valence-corrected chi connectivity index (χ4v) is 5.25. The van der Waals surface area contributed by atoms with Crippen molar-refractivity contribution >= 4 is 0 Å². The van der Waals surface area contributed by atoms with E-state index >= 15 is 0 Å². The maximum atomic E-state index is 13.7. The highest BCUT2D eigenvalue weighted by Gasteiger charge is 2.31. The van der Waals surface area contributed by atoms with E-state index in [-0.39, 0.29) is 5.82 Å². The average Bonchev–Trinajstić information content (AvgIpc) is 2.81. The number of likely N-dealkylation sites (tertiary alicyclic amines) is 1. The third kappa shape index (κ3) is 4.05. The predicted molar refractivity (Wildman–Crippen MR) is 120 cm³/mol. The number of hydrogen-bond donors (Lipinski definition) is 0.